The van der Waals surface area contributed by atoms with Crippen LogP contribution in [0, 0.1) is 5.92 Å². The zero-order chi connectivity index (χ0) is 10.8. The molecule has 2 aliphatic rings. The van der Waals surface area contributed by atoms with Crippen molar-refractivity contribution >= 4 is 0 Å². The van der Waals surface area contributed by atoms with Crippen molar-refractivity contribution in [3.63, 3.8) is 0 Å². The predicted molar refractivity (Wildman–Crippen MR) is 59.3 cm³/mol. The van der Waals surface area contributed by atoms with Gasteiger partial charge in [-0.2, -0.15) is 0 Å². The highest BCUT2D eigenvalue weighted by atomic mass is 16.5. The molecule has 0 aromatic carbocycles. The third kappa shape index (κ3) is 2.02. The molecule has 0 bridgehead atoms. The SMILES string of the molecule is COC1=CC2CCN(C)CC2=C(OC)C1. The summed E-state index contributed by atoms with van der Waals surface area (Å²) in [5.74, 6) is 2.68. The molecular formula is C12H19NO2. The molecule has 0 aromatic heterocycles. The number of piperidine rings is 1. The molecule has 1 saturated heterocycles. The molecule has 15 heavy (non-hydrogen) atoms. The van der Waals surface area contributed by atoms with E-state index in [0.717, 1.165) is 31.0 Å². The van der Waals surface area contributed by atoms with Gasteiger partial charge in [0.25, 0.3) is 0 Å². The number of hydrogen-bond donors (Lipinski definition) is 0. The molecule has 0 amide bonds. The molecule has 0 N–H and O–H groups in total. The summed E-state index contributed by atoms with van der Waals surface area (Å²) in [5.41, 5.74) is 1.44. The fourth-order valence-electron chi connectivity index (χ4n) is 2.40. The lowest BCUT2D eigenvalue weighted by Crippen LogP contribution is -2.34. The van der Waals surface area contributed by atoms with Crippen LogP contribution >= 0.6 is 0 Å². The summed E-state index contributed by atoms with van der Waals surface area (Å²) in [7, 11) is 5.65. The van der Waals surface area contributed by atoms with E-state index in [2.05, 4.69) is 18.0 Å². The van der Waals surface area contributed by atoms with Crippen molar-refractivity contribution in [2.24, 2.45) is 5.92 Å². The van der Waals surface area contributed by atoms with Gasteiger partial charge < -0.3 is 14.4 Å². The number of methoxy groups -OCH3 is 2. The number of allylic oxidation sites excluding steroid dienone is 1. The Labute approximate surface area is 91.3 Å². The van der Waals surface area contributed by atoms with Crippen molar-refractivity contribution in [2.75, 3.05) is 34.4 Å². The molecule has 3 nitrogen and oxygen atoms in total. The zero-order valence-corrected chi connectivity index (χ0v) is 9.75. The minimum atomic E-state index is 0.528. The van der Waals surface area contributed by atoms with Crippen LogP contribution in [0.25, 0.3) is 0 Å². The van der Waals surface area contributed by atoms with E-state index < -0.39 is 0 Å². The molecule has 0 saturated carbocycles. The van der Waals surface area contributed by atoms with Crippen LogP contribution in [-0.4, -0.2) is 39.3 Å². The number of nitrogens with zero attached hydrogens (tertiary/aromatic N) is 1. The van der Waals surface area contributed by atoms with Crippen LogP contribution in [0.2, 0.25) is 0 Å². The van der Waals surface area contributed by atoms with Gasteiger partial charge in [-0.15, -0.1) is 0 Å². The smallest absolute Gasteiger partial charge is 0.104 e. The van der Waals surface area contributed by atoms with Crippen molar-refractivity contribution < 1.29 is 9.47 Å². The molecule has 84 valence electrons. The Morgan fingerprint density at radius 2 is 2.13 bits per heavy atom. The lowest BCUT2D eigenvalue weighted by molar-refractivity contribution is 0.204. The molecule has 1 fully saturated rings. The number of hydrogen-bond acceptors (Lipinski definition) is 3. The number of likely N-dealkylation sites (N-methyl/N-ethyl adjacent to an activating group) is 1. The summed E-state index contributed by atoms with van der Waals surface area (Å²) in [6.45, 7) is 2.18. The van der Waals surface area contributed by atoms with Gasteiger partial charge >= 0.3 is 0 Å². The van der Waals surface area contributed by atoms with Gasteiger partial charge in [0, 0.05) is 12.5 Å². The van der Waals surface area contributed by atoms with E-state index in [4.69, 9.17) is 9.47 Å². The normalized spacial score (nSPS) is 27.1. The molecular weight excluding hydrogens is 190 g/mol. The van der Waals surface area contributed by atoms with Gasteiger partial charge in [-0.1, -0.05) is 0 Å². The van der Waals surface area contributed by atoms with Crippen molar-refractivity contribution in [3.05, 3.63) is 23.2 Å². The van der Waals surface area contributed by atoms with Crippen LogP contribution in [-0.2, 0) is 9.47 Å². The highest BCUT2D eigenvalue weighted by Crippen LogP contribution is 2.34. The second kappa shape index (κ2) is 4.27. The van der Waals surface area contributed by atoms with E-state index in [1.165, 1.54) is 12.0 Å². The summed E-state index contributed by atoms with van der Waals surface area (Å²) < 4.78 is 10.8. The molecule has 1 atom stereocenters. The van der Waals surface area contributed by atoms with Gasteiger partial charge in [0.05, 0.1) is 26.4 Å². The minimum absolute atomic E-state index is 0.528. The first-order chi connectivity index (χ1) is 7.24. The third-order valence-corrected chi connectivity index (χ3v) is 3.30. The van der Waals surface area contributed by atoms with Crippen LogP contribution in [0.5, 0.6) is 0 Å². The van der Waals surface area contributed by atoms with E-state index in [1.54, 1.807) is 14.2 Å². The maximum Gasteiger partial charge on any atom is 0.104 e. The number of rotatable bonds is 2. The maximum atomic E-state index is 5.47. The zero-order valence-electron chi connectivity index (χ0n) is 9.75. The lowest BCUT2D eigenvalue weighted by Gasteiger charge is -2.34. The van der Waals surface area contributed by atoms with Crippen molar-refractivity contribution in [1.82, 2.24) is 4.90 Å². The van der Waals surface area contributed by atoms with E-state index in [9.17, 15) is 0 Å². The Bertz CT molecular complexity index is 307. The maximum absolute atomic E-state index is 5.47. The molecule has 1 unspecified atom stereocenters. The van der Waals surface area contributed by atoms with E-state index >= 15 is 0 Å². The minimum Gasteiger partial charge on any atom is -0.501 e. The van der Waals surface area contributed by atoms with Crippen LogP contribution in [0.4, 0.5) is 0 Å². The van der Waals surface area contributed by atoms with Crippen molar-refractivity contribution in [1.29, 1.82) is 0 Å². The standard InChI is InChI=1S/C12H19NO2/c1-13-5-4-9-6-10(14-2)7-12(15-3)11(9)8-13/h6,9H,4-5,7-8H2,1-3H3. The first kappa shape index (κ1) is 10.6. The molecule has 2 rings (SSSR count). The number of fused-ring (bicyclic) bond motifs is 1. The summed E-state index contributed by atoms with van der Waals surface area (Å²) in [6, 6.07) is 0. The Kier molecular flexibility index (Phi) is 3.00. The molecule has 1 aliphatic heterocycles. The number of ether oxygens (including phenoxy) is 2. The molecule has 1 heterocycles. The van der Waals surface area contributed by atoms with Gasteiger partial charge in [0.1, 0.15) is 5.76 Å². The van der Waals surface area contributed by atoms with Gasteiger partial charge in [0.2, 0.25) is 0 Å². The highest BCUT2D eigenvalue weighted by molar-refractivity contribution is 5.29. The molecule has 0 spiro atoms. The summed E-state index contributed by atoms with van der Waals surface area (Å²) in [6.07, 6.45) is 4.24. The van der Waals surface area contributed by atoms with Crippen LogP contribution in [0.15, 0.2) is 23.2 Å². The number of likely N-dealkylation sites (tertiary alicyclic amines) is 1. The molecule has 3 heteroatoms. The quantitative estimate of drug-likeness (QED) is 0.692. The average molecular weight is 209 g/mol. The van der Waals surface area contributed by atoms with E-state index in [0.29, 0.717) is 5.92 Å². The van der Waals surface area contributed by atoms with E-state index in [1.807, 2.05) is 0 Å². The van der Waals surface area contributed by atoms with E-state index in [-0.39, 0.29) is 0 Å². The third-order valence-electron chi connectivity index (χ3n) is 3.30. The van der Waals surface area contributed by atoms with Crippen LogP contribution in [0.3, 0.4) is 0 Å². The summed E-state index contributed by atoms with van der Waals surface area (Å²) >= 11 is 0. The fourth-order valence-corrected chi connectivity index (χ4v) is 2.40. The van der Waals surface area contributed by atoms with Gasteiger partial charge in [-0.3, -0.25) is 0 Å². The topological polar surface area (TPSA) is 21.7 Å². The largest absolute Gasteiger partial charge is 0.501 e. The Morgan fingerprint density at radius 1 is 1.33 bits per heavy atom. The van der Waals surface area contributed by atoms with Gasteiger partial charge in [-0.05, 0) is 31.7 Å². The van der Waals surface area contributed by atoms with Crippen molar-refractivity contribution in [2.45, 2.75) is 12.8 Å². The molecule has 1 aliphatic carbocycles. The fraction of sp³-hybridized carbons (Fsp3) is 0.667. The predicted octanol–water partition coefficient (Wildman–Crippen LogP) is 1.77. The summed E-state index contributed by atoms with van der Waals surface area (Å²) in [5, 5.41) is 0. The first-order valence-electron chi connectivity index (χ1n) is 5.43. The molecule has 0 radical (unpaired) electrons. The van der Waals surface area contributed by atoms with Crippen LogP contribution < -0.4 is 0 Å². The lowest BCUT2D eigenvalue weighted by atomic mass is 9.85. The Balaban J connectivity index is 2.23. The highest BCUT2D eigenvalue weighted by Gasteiger charge is 2.28. The van der Waals surface area contributed by atoms with Crippen LogP contribution in [0.1, 0.15) is 12.8 Å². The summed E-state index contributed by atoms with van der Waals surface area (Å²) in [4.78, 5) is 2.34. The van der Waals surface area contributed by atoms with Crippen molar-refractivity contribution in [3.8, 4) is 0 Å². The molecule has 0 aromatic rings. The second-order valence-corrected chi connectivity index (χ2v) is 4.30. The monoisotopic (exact) mass is 209 g/mol. The first-order valence-corrected chi connectivity index (χ1v) is 5.43. The van der Waals surface area contributed by atoms with Gasteiger partial charge in [0.15, 0.2) is 0 Å². The Morgan fingerprint density at radius 3 is 2.80 bits per heavy atom. The second-order valence-electron chi connectivity index (χ2n) is 4.30. The Hall–Kier alpha value is -0.960. The average Bonchev–Trinajstić information content (AvgIpc) is 2.27. The van der Waals surface area contributed by atoms with Gasteiger partial charge in [-0.25, -0.2) is 0 Å².